The lowest BCUT2D eigenvalue weighted by Crippen LogP contribution is -2.21. The summed E-state index contributed by atoms with van der Waals surface area (Å²) in [5.74, 6) is 0. The van der Waals surface area contributed by atoms with E-state index >= 15 is 0 Å². The second kappa shape index (κ2) is 5.30. The molecule has 0 bridgehead atoms. The van der Waals surface area contributed by atoms with Gasteiger partial charge in [0.25, 0.3) is 5.56 Å². The summed E-state index contributed by atoms with van der Waals surface area (Å²) in [6, 6.07) is 20.6. The Morgan fingerprint density at radius 2 is 1.44 bits per heavy atom. The van der Waals surface area contributed by atoms with Crippen LogP contribution in [0.1, 0.15) is 25.0 Å². The minimum absolute atomic E-state index is 0.0680. The fourth-order valence-electron chi connectivity index (χ4n) is 4.23. The van der Waals surface area contributed by atoms with Crippen molar-refractivity contribution in [3.63, 3.8) is 0 Å². The van der Waals surface area contributed by atoms with E-state index in [9.17, 15) is 9.59 Å². The van der Waals surface area contributed by atoms with Crippen molar-refractivity contribution < 1.29 is 0 Å². The lowest BCUT2D eigenvalue weighted by atomic mass is 9.81. The Bertz CT molecular complexity index is 1340. The predicted molar refractivity (Wildman–Crippen MR) is 108 cm³/mol. The smallest absolute Gasteiger partial charge is 0.307 e. The molecule has 4 heteroatoms. The van der Waals surface area contributed by atoms with Gasteiger partial charge in [0.1, 0.15) is 0 Å². The van der Waals surface area contributed by atoms with Gasteiger partial charge in [-0.2, -0.15) is 0 Å². The van der Waals surface area contributed by atoms with Gasteiger partial charge < -0.3 is 4.98 Å². The van der Waals surface area contributed by atoms with Gasteiger partial charge in [0.15, 0.2) is 0 Å². The van der Waals surface area contributed by atoms with Crippen LogP contribution in [0.3, 0.4) is 0 Å². The lowest BCUT2D eigenvalue weighted by molar-refractivity contribution is 0.660. The third-order valence-electron chi connectivity index (χ3n) is 5.66. The highest BCUT2D eigenvalue weighted by Gasteiger charge is 2.35. The topological polar surface area (TPSA) is 65.7 Å². The quantitative estimate of drug-likeness (QED) is 0.538. The van der Waals surface area contributed by atoms with Gasteiger partial charge in [-0.05, 0) is 51.6 Å². The molecule has 0 atom stereocenters. The Kier molecular flexibility index (Phi) is 3.11. The maximum atomic E-state index is 12.1. The molecule has 132 valence electrons. The van der Waals surface area contributed by atoms with Gasteiger partial charge in [0.05, 0.1) is 10.9 Å². The van der Waals surface area contributed by atoms with Crippen LogP contribution < -0.4 is 11.2 Å². The number of nitrogens with one attached hydrogen (secondary N) is 2. The van der Waals surface area contributed by atoms with E-state index in [2.05, 4.69) is 66.3 Å². The molecule has 0 aliphatic heterocycles. The van der Waals surface area contributed by atoms with Gasteiger partial charge in [-0.25, -0.2) is 4.79 Å². The molecule has 2 N–H and O–H groups in total. The summed E-state index contributed by atoms with van der Waals surface area (Å²) in [5.41, 5.74) is 6.81. The highest BCUT2D eigenvalue weighted by atomic mass is 16.2. The van der Waals surface area contributed by atoms with Crippen molar-refractivity contribution >= 4 is 10.9 Å². The molecule has 1 aromatic heterocycles. The average Bonchev–Trinajstić information content (AvgIpc) is 2.89. The SMILES string of the molecule is CC1(C)c2ccccc2-c2ccc(-c3ccc4[nH]c(=O)[nH]c(=O)c4c3)cc21. The number of benzene rings is 3. The number of hydrogen-bond acceptors (Lipinski definition) is 2. The molecular weight excluding hydrogens is 336 g/mol. The molecule has 3 aromatic carbocycles. The maximum Gasteiger partial charge on any atom is 0.326 e. The normalized spacial score (nSPS) is 14.1. The first-order chi connectivity index (χ1) is 12.9. The van der Waals surface area contributed by atoms with Gasteiger partial charge in [0, 0.05) is 5.41 Å². The van der Waals surface area contributed by atoms with E-state index in [4.69, 9.17) is 0 Å². The first kappa shape index (κ1) is 15.8. The minimum atomic E-state index is -0.489. The third-order valence-corrected chi connectivity index (χ3v) is 5.66. The molecule has 0 saturated carbocycles. The van der Waals surface area contributed by atoms with Crippen LogP contribution in [-0.2, 0) is 5.41 Å². The summed E-state index contributed by atoms with van der Waals surface area (Å²) in [6.45, 7) is 4.49. The summed E-state index contributed by atoms with van der Waals surface area (Å²) in [4.78, 5) is 28.6. The molecular formula is C23H18N2O2. The highest BCUT2D eigenvalue weighted by molar-refractivity contribution is 5.87. The first-order valence-electron chi connectivity index (χ1n) is 8.96. The zero-order valence-electron chi connectivity index (χ0n) is 15.1. The van der Waals surface area contributed by atoms with Crippen LogP contribution in [0.2, 0.25) is 0 Å². The van der Waals surface area contributed by atoms with Gasteiger partial charge in [-0.15, -0.1) is 0 Å². The molecule has 27 heavy (non-hydrogen) atoms. The molecule has 0 spiro atoms. The van der Waals surface area contributed by atoms with E-state index in [0.29, 0.717) is 10.9 Å². The number of H-pyrrole nitrogens is 2. The van der Waals surface area contributed by atoms with E-state index < -0.39 is 5.69 Å². The van der Waals surface area contributed by atoms with Crippen LogP contribution in [0.4, 0.5) is 0 Å². The summed E-state index contributed by atoms with van der Waals surface area (Å²) in [5, 5.41) is 0.482. The molecule has 1 heterocycles. The van der Waals surface area contributed by atoms with Gasteiger partial charge >= 0.3 is 5.69 Å². The largest absolute Gasteiger partial charge is 0.326 e. The summed E-state index contributed by atoms with van der Waals surface area (Å²) < 4.78 is 0. The highest BCUT2D eigenvalue weighted by Crippen LogP contribution is 2.49. The lowest BCUT2D eigenvalue weighted by Gasteiger charge is -2.22. The van der Waals surface area contributed by atoms with Crippen molar-refractivity contribution in [3.8, 4) is 22.3 Å². The maximum absolute atomic E-state index is 12.1. The monoisotopic (exact) mass is 354 g/mol. The summed E-state index contributed by atoms with van der Waals surface area (Å²) >= 11 is 0. The van der Waals surface area contributed by atoms with Crippen molar-refractivity contribution in [1.29, 1.82) is 0 Å². The Labute approximate surface area is 155 Å². The number of aromatic nitrogens is 2. The average molecular weight is 354 g/mol. The van der Waals surface area contributed by atoms with E-state index in [0.717, 1.165) is 11.1 Å². The van der Waals surface area contributed by atoms with E-state index in [-0.39, 0.29) is 11.0 Å². The van der Waals surface area contributed by atoms with Crippen LogP contribution in [0, 0.1) is 0 Å². The van der Waals surface area contributed by atoms with Crippen LogP contribution in [-0.4, -0.2) is 9.97 Å². The van der Waals surface area contributed by atoms with E-state index in [1.807, 2.05) is 12.1 Å². The Morgan fingerprint density at radius 1 is 0.741 bits per heavy atom. The second-order valence-corrected chi connectivity index (χ2v) is 7.60. The van der Waals surface area contributed by atoms with E-state index in [1.54, 1.807) is 6.07 Å². The Balaban J connectivity index is 1.71. The molecule has 1 aliphatic rings. The number of hydrogen-bond donors (Lipinski definition) is 2. The van der Waals surface area contributed by atoms with Crippen molar-refractivity contribution in [1.82, 2.24) is 9.97 Å². The van der Waals surface area contributed by atoms with Crippen LogP contribution in [0.25, 0.3) is 33.2 Å². The number of rotatable bonds is 1. The molecule has 1 aliphatic carbocycles. The minimum Gasteiger partial charge on any atom is -0.307 e. The van der Waals surface area contributed by atoms with Crippen molar-refractivity contribution in [3.05, 3.63) is 92.6 Å². The molecule has 5 rings (SSSR count). The fourth-order valence-corrected chi connectivity index (χ4v) is 4.23. The van der Waals surface area contributed by atoms with Crippen LogP contribution in [0.5, 0.6) is 0 Å². The predicted octanol–water partition coefficient (Wildman–Crippen LogP) is 4.19. The Hall–Kier alpha value is -3.40. The van der Waals surface area contributed by atoms with Gasteiger partial charge in [-0.1, -0.05) is 56.3 Å². The molecule has 0 unspecified atom stereocenters. The van der Waals surface area contributed by atoms with Crippen molar-refractivity contribution in [2.45, 2.75) is 19.3 Å². The fraction of sp³-hybridized carbons (Fsp3) is 0.130. The molecule has 0 fully saturated rings. The number of fused-ring (bicyclic) bond motifs is 4. The standard InChI is InChI=1S/C23H18N2O2/c1-23(2)18-6-4-3-5-15(18)16-9-7-14(12-19(16)23)13-8-10-20-17(11-13)21(26)25-22(27)24-20/h3-12H,1-2H3,(H2,24,25,26,27). The first-order valence-corrected chi connectivity index (χ1v) is 8.96. The molecule has 4 nitrogen and oxygen atoms in total. The molecule has 0 amide bonds. The third kappa shape index (κ3) is 2.23. The van der Waals surface area contributed by atoms with Gasteiger partial charge in [-0.3, -0.25) is 9.78 Å². The zero-order chi connectivity index (χ0) is 18.8. The molecule has 4 aromatic rings. The van der Waals surface area contributed by atoms with Crippen LogP contribution >= 0.6 is 0 Å². The number of aromatic amines is 2. The van der Waals surface area contributed by atoms with E-state index in [1.165, 1.54) is 22.3 Å². The molecule has 0 radical (unpaired) electrons. The summed E-state index contributed by atoms with van der Waals surface area (Å²) in [7, 11) is 0. The van der Waals surface area contributed by atoms with Crippen molar-refractivity contribution in [2.24, 2.45) is 0 Å². The van der Waals surface area contributed by atoms with Gasteiger partial charge in [0.2, 0.25) is 0 Å². The Morgan fingerprint density at radius 3 is 2.30 bits per heavy atom. The van der Waals surface area contributed by atoms with Crippen LogP contribution in [0.15, 0.2) is 70.3 Å². The second-order valence-electron chi connectivity index (χ2n) is 7.60. The van der Waals surface area contributed by atoms with Crippen molar-refractivity contribution in [2.75, 3.05) is 0 Å². The zero-order valence-corrected chi connectivity index (χ0v) is 15.1. The molecule has 0 saturated heterocycles. The summed E-state index contributed by atoms with van der Waals surface area (Å²) in [6.07, 6.45) is 0.